The van der Waals surface area contributed by atoms with Crippen LogP contribution >= 0.6 is 0 Å². The number of anilines is 1. The second-order valence-electron chi connectivity index (χ2n) is 2.70. The molecule has 0 saturated carbocycles. The van der Waals surface area contributed by atoms with Crippen LogP contribution in [0.25, 0.3) is 0 Å². The highest BCUT2D eigenvalue weighted by atomic mass is 16.5. The zero-order valence-electron chi connectivity index (χ0n) is 7.36. The van der Waals surface area contributed by atoms with E-state index >= 15 is 0 Å². The van der Waals surface area contributed by atoms with Gasteiger partial charge in [-0.05, 0) is 12.1 Å². The van der Waals surface area contributed by atoms with E-state index in [1.807, 2.05) is 0 Å². The average molecular weight is 180 g/mol. The van der Waals surface area contributed by atoms with Crippen molar-refractivity contribution in [1.29, 1.82) is 0 Å². The monoisotopic (exact) mass is 180 g/mol. The summed E-state index contributed by atoms with van der Waals surface area (Å²) < 4.78 is 4.77. The zero-order valence-corrected chi connectivity index (χ0v) is 7.36. The van der Waals surface area contributed by atoms with E-state index in [-0.39, 0.29) is 0 Å². The molecule has 70 valence electrons. The highest BCUT2D eigenvalue weighted by molar-refractivity contribution is 5.66. The molecule has 0 fully saturated rings. The molecule has 4 heteroatoms. The molecular weight excluding hydrogens is 168 g/mol. The van der Waals surface area contributed by atoms with E-state index in [0.29, 0.717) is 11.3 Å². The van der Waals surface area contributed by atoms with E-state index in [4.69, 9.17) is 16.2 Å². The molecule has 1 aromatic rings. The molecule has 1 atom stereocenters. The molecule has 0 saturated heterocycles. The van der Waals surface area contributed by atoms with Gasteiger partial charge in [0, 0.05) is 18.2 Å². The van der Waals surface area contributed by atoms with Gasteiger partial charge in [-0.1, -0.05) is 12.1 Å². The van der Waals surface area contributed by atoms with Crippen molar-refractivity contribution in [3.8, 4) is 0 Å². The number of esters is 1. The van der Waals surface area contributed by atoms with Gasteiger partial charge in [0.2, 0.25) is 0 Å². The van der Waals surface area contributed by atoms with Crippen molar-refractivity contribution in [2.75, 3.05) is 5.73 Å². The number of hydrogen-bond acceptors (Lipinski definition) is 4. The Balaban J connectivity index is 2.76. The Morgan fingerprint density at radius 3 is 2.77 bits per heavy atom. The summed E-state index contributed by atoms with van der Waals surface area (Å²) in [5.41, 5.74) is 12.4. The lowest BCUT2D eigenvalue weighted by molar-refractivity contribution is -0.146. The van der Waals surface area contributed by atoms with Crippen molar-refractivity contribution in [2.24, 2.45) is 5.73 Å². The lowest BCUT2D eigenvalue weighted by atomic mass is 10.2. The van der Waals surface area contributed by atoms with Gasteiger partial charge in [-0.25, -0.2) is 0 Å². The Bertz CT molecular complexity index is 312. The molecule has 0 aliphatic heterocycles. The van der Waals surface area contributed by atoms with Crippen LogP contribution in [0.15, 0.2) is 24.3 Å². The molecule has 0 amide bonds. The van der Waals surface area contributed by atoms with Crippen molar-refractivity contribution in [3.05, 3.63) is 29.8 Å². The summed E-state index contributed by atoms with van der Waals surface area (Å²) in [6.07, 6.45) is -0.735. The van der Waals surface area contributed by atoms with Gasteiger partial charge in [-0.3, -0.25) is 10.5 Å². The minimum atomic E-state index is -0.735. The molecular formula is C9H12N2O2. The predicted molar refractivity (Wildman–Crippen MR) is 49.5 cm³/mol. The van der Waals surface area contributed by atoms with Gasteiger partial charge in [0.25, 0.3) is 0 Å². The molecule has 0 spiro atoms. The normalized spacial score (nSPS) is 12.2. The lowest BCUT2D eigenvalue weighted by Gasteiger charge is -2.11. The summed E-state index contributed by atoms with van der Waals surface area (Å²) in [6, 6.07) is 6.93. The number of carbonyl (C=O) groups excluding carboxylic acids is 1. The van der Waals surface area contributed by atoms with Gasteiger partial charge in [0.15, 0.2) is 6.23 Å². The van der Waals surface area contributed by atoms with Crippen molar-refractivity contribution in [1.82, 2.24) is 0 Å². The minimum Gasteiger partial charge on any atom is -0.443 e. The standard InChI is InChI=1S/C9H12N2O2/c1-6(12)13-9(11)7-3-2-4-8(10)5-7/h2-5,9H,10-11H2,1H3. The number of hydrogen-bond donors (Lipinski definition) is 2. The van der Waals surface area contributed by atoms with Gasteiger partial charge >= 0.3 is 5.97 Å². The fourth-order valence-corrected chi connectivity index (χ4v) is 0.983. The lowest BCUT2D eigenvalue weighted by Crippen LogP contribution is -2.17. The summed E-state index contributed by atoms with van der Waals surface area (Å²) in [5.74, 6) is -0.407. The van der Waals surface area contributed by atoms with Gasteiger partial charge in [0.05, 0.1) is 0 Å². The fraction of sp³-hybridized carbons (Fsp3) is 0.222. The van der Waals surface area contributed by atoms with E-state index in [2.05, 4.69) is 0 Å². The Morgan fingerprint density at radius 1 is 1.54 bits per heavy atom. The van der Waals surface area contributed by atoms with Crippen LogP contribution in [0.5, 0.6) is 0 Å². The molecule has 0 bridgehead atoms. The molecule has 4 N–H and O–H groups in total. The van der Waals surface area contributed by atoms with Crippen LogP contribution in [0.1, 0.15) is 18.7 Å². The van der Waals surface area contributed by atoms with Crippen LogP contribution in [-0.4, -0.2) is 5.97 Å². The van der Waals surface area contributed by atoms with Crippen molar-refractivity contribution >= 4 is 11.7 Å². The Hall–Kier alpha value is -1.55. The van der Waals surface area contributed by atoms with Crippen LogP contribution in [0.4, 0.5) is 5.69 Å². The molecule has 0 aliphatic carbocycles. The van der Waals surface area contributed by atoms with E-state index in [1.165, 1.54) is 6.92 Å². The summed E-state index contributed by atoms with van der Waals surface area (Å²) >= 11 is 0. The van der Waals surface area contributed by atoms with Gasteiger partial charge in [-0.15, -0.1) is 0 Å². The Kier molecular flexibility index (Phi) is 2.87. The van der Waals surface area contributed by atoms with Crippen LogP contribution in [0, 0.1) is 0 Å². The minimum absolute atomic E-state index is 0.407. The van der Waals surface area contributed by atoms with E-state index in [9.17, 15) is 4.79 Å². The topological polar surface area (TPSA) is 78.3 Å². The maximum absolute atomic E-state index is 10.6. The van der Waals surface area contributed by atoms with Crippen LogP contribution in [0.2, 0.25) is 0 Å². The quantitative estimate of drug-likeness (QED) is 0.400. The van der Waals surface area contributed by atoms with E-state index < -0.39 is 12.2 Å². The molecule has 1 rings (SSSR count). The Labute approximate surface area is 76.5 Å². The summed E-state index contributed by atoms with van der Waals surface area (Å²) in [5, 5.41) is 0. The predicted octanol–water partition coefficient (Wildman–Crippen LogP) is 0.789. The van der Waals surface area contributed by atoms with Crippen molar-refractivity contribution in [3.63, 3.8) is 0 Å². The second-order valence-corrected chi connectivity index (χ2v) is 2.70. The smallest absolute Gasteiger partial charge is 0.304 e. The molecule has 0 aliphatic rings. The molecule has 4 nitrogen and oxygen atoms in total. The molecule has 1 aromatic carbocycles. The van der Waals surface area contributed by atoms with Crippen LogP contribution in [-0.2, 0) is 9.53 Å². The first-order valence-corrected chi connectivity index (χ1v) is 3.88. The highest BCUT2D eigenvalue weighted by Gasteiger charge is 2.08. The van der Waals surface area contributed by atoms with Crippen LogP contribution < -0.4 is 11.5 Å². The third kappa shape index (κ3) is 2.76. The highest BCUT2D eigenvalue weighted by Crippen LogP contribution is 2.14. The van der Waals surface area contributed by atoms with Crippen molar-refractivity contribution < 1.29 is 9.53 Å². The molecule has 1 unspecified atom stereocenters. The van der Waals surface area contributed by atoms with E-state index in [0.717, 1.165) is 0 Å². The number of nitrogen functional groups attached to an aromatic ring is 1. The average Bonchev–Trinajstić information content (AvgIpc) is 2.03. The van der Waals surface area contributed by atoms with Gasteiger partial charge in [-0.2, -0.15) is 0 Å². The first-order chi connectivity index (χ1) is 6.09. The van der Waals surface area contributed by atoms with Gasteiger partial charge < -0.3 is 10.5 Å². The number of benzene rings is 1. The summed E-state index contributed by atoms with van der Waals surface area (Å²) in [4.78, 5) is 10.6. The largest absolute Gasteiger partial charge is 0.443 e. The molecule has 0 heterocycles. The number of ether oxygens (including phenoxy) is 1. The summed E-state index contributed by atoms with van der Waals surface area (Å²) in [7, 11) is 0. The molecule has 0 radical (unpaired) electrons. The van der Waals surface area contributed by atoms with Crippen molar-refractivity contribution in [2.45, 2.75) is 13.2 Å². The number of rotatable bonds is 2. The van der Waals surface area contributed by atoms with Crippen LogP contribution in [0.3, 0.4) is 0 Å². The maximum Gasteiger partial charge on any atom is 0.304 e. The first kappa shape index (κ1) is 9.54. The van der Waals surface area contributed by atoms with Gasteiger partial charge in [0.1, 0.15) is 0 Å². The number of carbonyl (C=O) groups is 1. The summed E-state index contributed by atoms with van der Waals surface area (Å²) in [6.45, 7) is 1.31. The van der Waals surface area contributed by atoms with E-state index in [1.54, 1.807) is 24.3 Å². The molecule has 0 aromatic heterocycles. The maximum atomic E-state index is 10.6. The fourth-order valence-electron chi connectivity index (χ4n) is 0.983. The third-order valence-corrected chi connectivity index (χ3v) is 1.53. The SMILES string of the molecule is CC(=O)OC(N)c1cccc(N)c1. The second kappa shape index (κ2) is 3.91. The number of nitrogens with two attached hydrogens (primary N) is 2. The third-order valence-electron chi connectivity index (χ3n) is 1.53. The Morgan fingerprint density at radius 2 is 2.23 bits per heavy atom. The zero-order chi connectivity index (χ0) is 9.84. The first-order valence-electron chi connectivity index (χ1n) is 3.88. The molecule has 13 heavy (non-hydrogen) atoms.